The van der Waals surface area contributed by atoms with Crippen LogP contribution in [0.2, 0.25) is 5.02 Å². The Morgan fingerprint density at radius 3 is 2.38 bits per heavy atom. The smallest absolute Gasteiger partial charge is 0.430 e. The summed E-state index contributed by atoms with van der Waals surface area (Å²) in [6, 6.07) is 11.9. The maximum Gasteiger partial charge on any atom is 0.430 e. The summed E-state index contributed by atoms with van der Waals surface area (Å²) in [5.41, 5.74) is 0.395. The second-order valence-corrected chi connectivity index (χ2v) is 5.84. The standard InChI is InChI=1S/C19H10ClF3O3/c20-15-9-12(7-6-11-4-2-1-3-5-11)8-13-10-14(18(24)25)17(19(21,22)23)26-16(13)15/h1-5,8-10,17H,(H,24,25). The minimum absolute atomic E-state index is 0.0743. The van der Waals surface area contributed by atoms with Gasteiger partial charge in [-0.2, -0.15) is 13.2 Å². The first-order valence-electron chi connectivity index (χ1n) is 7.34. The molecule has 0 aliphatic carbocycles. The number of hydrogen-bond acceptors (Lipinski definition) is 2. The van der Waals surface area contributed by atoms with Crippen LogP contribution >= 0.6 is 11.6 Å². The van der Waals surface area contributed by atoms with Gasteiger partial charge in [0.1, 0.15) is 5.75 Å². The van der Waals surface area contributed by atoms with Gasteiger partial charge >= 0.3 is 12.1 Å². The molecule has 2 aromatic carbocycles. The Kier molecular flexibility index (Phi) is 4.66. The summed E-state index contributed by atoms with van der Waals surface area (Å²) >= 11 is 6.03. The van der Waals surface area contributed by atoms with Gasteiger partial charge in [0.2, 0.25) is 6.10 Å². The van der Waals surface area contributed by atoms with Crippen molar-refractivity contribution in [3.63, 3.8) is 0 Å². The third kappa shape index (κ3) is 3.68. The minimum atomic E-state index is -4.88. The highest BCUT2D eigenvalue weighted by atomic mass is 35.5. The van der Waals surface area contributed by atoms with Crippen molar-refractivity contribution in [2.75, 3.05) is 0 Å². The van der Waals surface area contributed by atoms with Crippen molar-refractivity contribution in [2.24, 2.45) is 0 Å². The van der Waals surface area contributed by atoms with Gasteiger partial charge in [-0.05, 0) is 30.3 Å². The lowest BCUT2D eigenvalue weighted by Crippen LogP contribution is -2.40. The van der Waals surface area contributed by atoms with Crippen LogP contribution in [0.15, 0.2) is 48.0 Å². The lowest BCUT2D eigenvalue weighted by molar-refractivity contribution is -0.187. The van der Waals surface area contributed by atoms with E-state index in [4.69, 9.17) is 21.4 Å². The average molecular weight is 379 g/mol. The zero-order valence-electron chi connectivity index (χ0n) is 13.0. The van der Waals surface area contributed by atoms with Crippen LogP contribution in [0, 0.1) is 11.8 Å². The van der Waals surface area contributed by atoms with Crippen LogP contribution in [0.5, 0.6) is 5.75 Å². The second-order valence-electron chi connectivity index (χ2n) is 5.44. The van der Waals surface area contributed by atoms with E-state index >= 15 is 0 Å². The predicted molar refractivity (Wildman–Crippen MR) is 90.0 cm³/mol. The highest BCUT2D eigenvalue weighted by Gasteiger charge is 2.48. The lowest BCUT2D eigenvalue weighted by atomic mass is 9.99. The number of carboxylic acids is 1. The first kappa shape index (κ1) is 17.9. The van der Waals surface area contributed by atoms with Crippen molar-refractivity contribution in [2.45, 2.75) is 12.3 Å². The SMILES string of the molecule is O=C(O)C1=Cc2cc(C#Cc3ccccc3)cc(Cl)c2OC1C(F)(F)F. The molecule has 0 saturated heterocycles. The quantitative estimate of drug-likeness (QED) is 0.741. The molecule has 3 rings (SSSR count). The van der Waals surface area contributed by atoms with E-state index in [1.54, 1.807) is 12.1 Å². The van der Waals surface area contributed by atoms with E-state index in [0.717, 1.165) is 11.6 Å². The number of carbonyl (C=O) groups is 1. The Bertz CT molecular complexity index is 954. The van der Waals surface area contributed by atoms with E-state index in [0.29, 0.717) is 5.56 Å². The van der Waals surface area contributed by atoms with Crippen molar-refractivity contribution in [1.29, 1.82) is 0 Å². The number of benzene rings is 2. The lowest BCUT2D eigenvalue weighted by Gasteiger charge is -2.27. The van der Waals surface area contributed by atoms with E-state index in [9.17, 15) is 18.0 Å². The summed E-state index contributed by atoms with van der Waals surface area (Å²) in [4.78, 5) is 11.2. The molecule has 26 heavy (non-hydrogen) atoms. The topological polar surface area (TPSA) is 46.5 Å². The first-order chi connectivity index (χ1) is 12.3. The number of carboxylic acid groups (broad SMARTS) is 1. The molecule has 1 aliphatic rings. The van der Waals surface area contributed by atoms with Crippen molar-refractivity contribution < 1.29 is 27.8 Å². The fourth-order valence-corrected chi connectivity index (χ4v) is 2.70. The van der Waals surface area contributed by atoms with Gasteiger partial charge in [0.25, 0.3) is 0 Å². The Balaban J connectivity index is 2.05. The van der Waals surface area contributed by atoms with Crippen LogP contribution in [-0.2, 0) is 4.79 Å². The van der Waals surface area contributed by atoms with Gasteiger partial charge in [-0.25, -0.2) is 4.79 Å². The molecule has 0 amide bonds. The van der Waals surface area contributed by atoms with Gasteiger partial charge in [-0.1, -0.05) is 41.6 Å². The minimum Gasteiger partial charge on any atom is -0.478 e. The summed E-state index contributed by atoms with van der Waals surface area (Å²) in [6.45, 7) is 0. The van der Waals surface area contributed by atoms with E-state index in [2.05, 4.69) is 11.8 Å². The van der Waals surface area contributed by atoms with E-state index in [-0.39, 0.29) is 16.3 Å². The molecule has 0 radical (unpaired) electrons. The number of fused-ring (bicyclic) bond motifs is 1. The number of aliphatic carboxylic acids is 1. The van der Waals surface area contributed by atoms with Crippen LogP contribution in [0.3, 0.4) is 0 Å². The molecular formula is C19H10ClF3O3. The third-order valence-corrected chi connectivity index (χ3v) is 3.85. The largest absolute Gasteiger partial charge is 0.478 e. The molecule has 0 aromatic heterocycles. The maximum absolute atomic E-state index is 13.1. The van der Waals surface area contributed by atoms with Crippen LogP contribution in [0.25, 0.3) is 6.08 Å². The Hall–Kier alpha value is -2.91. The Labute approximate surface area is 151 Å². The molecule has 7 heteroatoms. The Morgan fingerprint density at radius 2 is 1.77 bits per heavy atom. The molecule has 1 atom stereocenters. The third-order valence-electron chi connectivity index (χ3n) is 3.57. The molecule has 0 saturated carbocycles. The highest BCUT2D eigenvalue weighted by molar-refractivity contribution is 6.32. The van der Waals surface area contributed by atoms with Crippen LogP contribution in [0.1, 0.15) is 16.7 Å². The second kappa shape index (κ2) is 6.77. The normalized spacial score (nSPS) is 15.8. The number of halogens is 4. The molecule has 1 N–H and O–H groups in total. The molecule has 0 spiro atoms. The van der Waals surface area contributed by atoms with Gasteiger partial charge in [-0.3, -0.25) is 0 Å². The Morgan fingerprint density at radius 1 is 1.12 bits per heavy atom. The summed E-state index contributed by atoms with van der Waals surface area (Å²) < 4.78 is 44.1. The zero-order chi connectivity index (χ0) is 18.9. The van der Waals surface area contributed by atoms with Gasteiger partial charge in [0.15, 0.2) is 0 Å². The van der Waals surface area contributed by atoms with Crippen molar-refractivity contribution >= 4 is 23.6 Å². The number of ether oxygens (including phenoxy) is 1. The molecule has 132 valence electrons. The number of rotatable bonds is 1. The predicted octanol–water partition coefficient (Wildman–Crippen LogP) is 4.53. The number of hydrogen-bond donors (Lipinski definition) is 1. The average Bonchev–Trinajstić information content (AvgIpc) is 2.59. The van der Waals surface area contributed by atoms with Gasteiger partial charge in [0, 0.05) is 16.7 Å². The fourth-order valence-electron chi connectivity index (χ4n) is 2.43. The van der Waals surface area contributed by atoms with E-state index in [1.807, 2.05) is 18.2 Å². The summed E-state index contributed by atoms with van der Waals surface area (Å²) in [5.74, 6) is 3.81. The molecule has 0 bridgehead atoms. The van der Waals surface area contributed by atoms with Crippen LogP contribution < -0.4 is 4.74 Å². The van der Waals surface area contributed by atoms with Crippen molar-refractivity contribution in [3.8, 4) is 17.6 Å². The first-order valence-corrected chi connectivity index (χ1v) is 7.72. The molecule has 1 unspecified atom stereocenters. The van der Waals surface area contributed by atoms with Gasteiger partial charge in [-0.15, -0.1) is 0 Å². The van der Waals surface area contributed by atoms with Gasteiger partial charge in [0.05, 0.1) is 10.6 Å². The molecule has 1 heterocycles. The summed E-state index contributed by atoms with van der Waals surface area (Å²) in [6.07, 6.45) is -6.54. The van der Waals surface area contributed by atoms with Crippen LogP contribution in [0.4, 0.5) is 13.2 Å². The number of alkyl halides is 3. The zero-order valence-corrected chi connectivity index (χ0v) is 13.7. The molecule has 3 nitrogen and oxygen atoms in total. The molecule has 2 aromatic rings. The fraction of sp³-hybridized carbons (Fsp3) is 0.105. The monoisotopic (exact) mass is 378 g/mol. The molecule has 1 aliphatic heterocycles. The van der Waals surface area contributed by atoms with E-state index < -0.39 is 23.8 Å². The summed E-state index contributed by atoms with van der Waals surface area (Å²) in [7, 11) is 0. The maximum atomic E-state index is 13.1. The molecule has 0 fully saturated rings. The van der Waals surface area contributed by atoms with Crippen molar-refractivity contribution in [3.05, 3.63) is 69.8 Å². The van der Waals surface area contributed by atoms with Crippen LogP contribution in [-0.4, -0.2) is 23.4 Å². The van der Waals surface area contributed by atoms with Gasteiger partial charge < -0.3 is 9.84 Å². The summed E-state index contributed by atoms with van der Waals surface area (Å²) in [5, 5.41) is 9.00. The highest BCUT2D eigenvalue weighted by Crippen LogP contribution is 2.41. The van der Waals surface area contributed by atoms with E-state index in [1.165, 1.54) is 12.1 Å². The molecular weight excluding hydrogens is 369 g/mol. The van der Waals surface area contributed by atoms with Crippen molar-refractivity contribution in [1.82, 2.24) is 0 Å².